The predicted molar refractivity (Wildman–Crippen MR) is 244 cm³/mol. The van der Waals surface area contributed by atoms with Crippen molar-refractivity contribution in [2.45, 2.75) is 48.5 Å². The maximum absolute atomic E-state index is 11.0. The van der Waals surface area contributed by atoms with Gasteiger partial charge in [-0.15, -0.1) is 11.3 Å². The van der Waals surface area contributed by atoms with Crippen LogP contribution < -0.4 is 9.80 Å². The Labute approximate surface area is 343 Å². The molecule has 1 heterocycles. The maximum Gasteiger partial charge on any atom is 0.211 e. The highest BCUT2D eigenvalue weighted by Gasteiger charge is 2.28. The highest BCUT2D eigenvalue weighted by Crippen LogP contribution is 2.49. The van der Waals surface area contributed by atoms with Crippen molar-refractivity contribution in [2.75, 3.05) is 29.9 Å². The van der Waals surface area contributed by atoms with Crippen molar-refractivity contribution < 1.29 is 4.58 Å². The van der Waals surface area contributed by atoms with Crippen molar-refractivity contribution in [3.05, 3.63) is 189 Å². The third kappa shape index (κ3) is 7.54. The van der Waals surface area contributed by atoms with Crippen LogP contribution >= 0.6 is 11.3 Å². The molecule has 7 rings (SSSR count). The van der Waals surface area contributed by atoms with E-state index >= 15 is 0 Å². The Morgan fingerprint density at radius 3 is 1.82 bits per heavy atom. The number of thiophene rings is 1. The van der Waals surface area contributed by atoms with Crippen LogP contribution in [0.15, 0.2) is 145 Å². The van der Waals surface area contributed by atoms with E-state index in [1.807, 2.05) is 6.07 Å². The number of aryl methyl sites for hydroxylation is 5. The number of allylic oxidation sites excluding steroid dienone is 5. The Hall–Kier alpha value is -6.22. The van der Waals surface area contributed by atoms with Crippen LogP contribution in [0.2, 0.25) is 0 Å². The third-order valence-corrected chi connectivity index (χ3v) is 12.3. The van der Waals surface area contributed by atoms with Gasteiger partial charge in [-0.25, -0.2) is 0 Å². The molecule has 6 aromatic rings. The molecule has 5 aromatic carbocycles. The van der Waals surface area contributed by atoms with Crippen molar-refractivity contribution in [1.29, 1.82) is 5.26 Å². The first-order valence-corrected chi connectivity index (χ1v) is 20.7. The van der Waals surface area contributed by atoms with Gasteiger partial charge in [-0.1, -0.05) is 97.1 Å². The summed E-state index contributed by atoms with van der Waals surface area (Å²) in [6, 6.07) is 43.5. The van der Waals surface area contributed by atoms with Crippen LogP contribution in [-0.2, 0) is 0 Å². The second-order valence-corrected chi connectivity index (χ2v) is 15.7. The zero-order chi connectivity index (χ0) is 40.2. The lowest BCUT2D eigenvalue weighted by molar-refractivity contribution is -0.435. The van der Waals surface area contributed by atoms with E-state index in [1.165, 1.54) is 33.6 Å². The molecule has 284 valence electrons. The van der Waals surface area contributed by atoms with Gasteiger partial charge in [0, 0.05) is 69.9 Å². The second kappa shape index (κ2) is 16.9. The van der Waals surface area contributed by atoms with Gasteiger partial charge in [0.25, 0.3) is 0 Å². The van der Waals surface area contributed by atoms with Crippen molar-refractivity contribution >= 4 is 50.4 Å². The summed E-state index contributed by atoms with van der Waals surface area (Å²) in [5.41, 5.74) is 18.0. The highest BCUT2D eigenvalue weighted by molar-refractivity contribution is 7.18. The lowest BCUT2D eigenvalue weighted by atomic mass is 9.90. The number of hydrogen-bond acceptors (Lipinski definition) is 4. The fraction of sp³-hybridized carbons (Fsp3) is 0.192. The van der Waals surface area contributed by atoms with E-state index in [1.54, 1.807) is 11.3 Å². The van der Waals surface area contributed by atoms with Gasteiger partial charge in [0.05, 0.1) is 5.56 Å². The average Bonchev–Trinajstić information content (AvgIpc) is 3.61. The summed E-state index contributed by atoms with van der Waals surface area (Å²) in [5.74, 6) is 0. The van der Waals surface area contributed by atoms with Gasteiger partial charge >= 0.3 is 0 Å². The van der Waals surface area contributed by atoms with Gasteiger partial charge < -0.3 is 9.80 Å². The molecule has 0 radical (unpaired) electrons. The van der Waals surface area contributed by atoms with Gasteiger partial charge in [0.2, 0.25) is 11.4 Å². The maximum atomic E-state index is 11.0. The van der Waals surface area contributed by atoms with Crippen molar-refractivity contribution in [3.8, 4) is 17.2 Å². The molecule has 0 unspecified atom stereocenters. The molecule has 0 fully saturated rings. The second-order valence-electron chi connectivity index (χ2n) is 14.7. The van der Waals surface area contributed by atoms with Crippen LogP contribution in [0.25, 0.3) is 16.7 Å². The van der Waals surface area contributed by atoms with Gasteiger partial charge in [-0.05, 0) is 112 Å². The molecule has 1 aliphatic rings. The molecule has 0 N–H and O–H groups in total. The number of para-hydroxylation sites is 3. The number of nitrogens with zero attached hydrogens (tertiary/aromatic N) is 4. The summed E-state index contributed by atoms with van der Waals surface area (Å²) >= 11 is 1.69. The van der Waals surface area contributed by atoms with Crippen LogP contribution in [0.5, 0.6) is 0 Å². The summed E-state index contributed by atoms with van der Waals surface area (Å²) in [7, 11) is 2.08. The van der Waals surface area contributed by atoms with Crippen molar-refractivity contribution in [2.24, 2.45) is 0 Å². The largest absolute Gasteiger partial charge is 0.341 e. The van der Waals surface area contributed by atoms with E-state index in [0.717, 1.165) is 73.5 Å². The Kier molecular flexibility index (Phi) is 11.6. The molecular weight excluding hydrogens is 713 g/mol. The third-order valence-electron chi connectivity index (χ3n) is 11.1. The number of nitriles is 1. The Bertz CT molecular complexity index is 2550. The zero-order valence-corrected chi connectivity index (χ0v) is 35.2. The molecule has 0 atom stereocenters. The molecule has 0 saturated carbocycles. The normalized spacial score (nSPS) is 12.1. The summed E-state index contributed by atoms with van der Waals surface area (Å²) in [6.45, 7) is 17.0. The molecule has 0 aliphatic heterocycles. The van der Waals surface area contributed by atoms with E-state index < -0.39 is 0 Å². The minimum atomic E-state index is 0.678. The first-order chi connectivity index (χ1) is 27.7. The molecule has 57 heavy (non-hydrogen) atoms. The topological polar surface area (TPSA) is 33.3 Å². The Balaban J connectivity index is 1.47. The van der Waals surface area contributed by atoms with E-state index in [0.29, 0.717) is 5.56 Å². The minimum absolute atomic E-state index is 0.678. The fourth-order valence-electron chi connectivity index (χ4n) is 8.31. The number of anilines is 4. The predicted octanol–water partition coefficient (Wildman–Crippen LogP) is 13.5. The van der Waals surface area contributed by atoms with E-state index in [-0.39, 0.29) is 0 Å². The molecule has 1 aliphatic carbocycles. The summed E-state index contributed by atoms with van der Waals surface area (Å²) < 4.78 is 2.40. The number of benzene rings is 5. The molecule has 5 heteroatoms. The van der Waals surface area contributed by atoms with Crippen LogP contribution in [0, 0.1) is 45.9 Å². The van der Waals surface area contributed by atoms with Crippen LogP contribution in [0.1, 0.15) is 57.7 Å². The van der Waals surface area contributed by atoms with Crippen LogP contribution in [-0.4, -0.2) is 30.4 Å². The zero-order valence-electron chi connectivity index (χ0n) is 34.4. The SMILES string of the molecule is CCN(c1ccc(C(=C2C=CC(=[N+](CC)c3c(C)cccc3C)C=C2)c2sc(N(C)c3ccccc3C)c(C#N)c2-c2ccccc2)cc1)c1c(C)cccc1C. The monoisotopic (exact) mass is 763 g/mol. The molecule has 0 saturated heterocycles. The quantitative estimate of drug-likeness (QED) is 0.130. The van der Waals surface area contributed by atoms with Gasteiger partial charge in [-0.3, -0.25) is 0 Å². The lowest BCUT2D eigenvalue weighted by Crippen LogP contribution is -2.18. The molecule has 1 aromatic heterocycles. The Morgan fingerprint density at radius 2 is 1.25 bits per heavy atom. The minimum Gasteiger partial charge on any atom is -0.341 e. The molecule has 0 amide bonds. The van der Waals surface area contributed by atoms with Crippen LogP contribution in [0.3, 0.4) is 0 Å². The van der Waals surface area contributed by atoms with Crippen molar-refractivity contribution in [1.82, 2.24) is 0 Å². The standard InChI is InChI=1S/C52H51N4S/c1-9-55(49-36(4)19-16-20-37(49)5)43-30-26-41(27-31-43)47(42-28-32-44(33-29-42)56(10-2)50-38(6)21-17-22-39(50)7)51-48(40-23-12-11-13-24-40)45(34-53)52(57-51)54(8)46-25-15-14-18-35(46)3/h11-33H,9-10H2,1-8H3/q+1. The van der Waals surface area contributed by atoms with E-state index in [9.17, 15) is 5.26 Å². The molecule has 0 bridgehead atoms. The summed E-state index contributed by atoms with van der Waals surface area (Å²) in [4.78, 5) is 5.66. The van der Waals surface area contributed by atoms with Gasteiger partial charge in [-0.2, -0.15) is 9.84 Å². The number of hydrogen-bond donors (Lipinski definition) is 0. The first-order valence-electron chi connectivity index (χ1n) is 19.8. The van der Waals surface area contributed by atoms with E-state index in [2.05, 4.69) is 209 Å². The van der Waals surface area contributed by atoms with Crippen molar-refractivity contribution in [3.63, 3.8) is 0 Å². The summed E-state index contributed by atoms with van der Waals surface area (Å²) in [5, 5.41) is 11.9. The van der Waals surface area contributed by atoms with Gasteiger partial charge in [0.1, 0.15) is 17.6 Å². The lowest BCUT2D eigenvalue weighted by Gasteiger charge is -2.27. The average molecular weight is 764 g/mol. The Morgan fingerprint density at radius 1 is 0.667 bits per heavy atom. The molecule has 4 nitrogen and oxygen atoms in total. The number of rotatable bonds is 10. The molecule has 0 spiro atoms. The molecular formula is C52H51N4S+. The van der Waals surface area contributed by atoms with Crippen LogP contribution in [0.4, 0.5) is 27.8 Å². The first kappa shape index (κ1) is 39.0. The fourth-order valence-corrected chi connectivity index (χ4v) is 9.65. The van der Waals surface area contributed by atoms with Gasteiger partial charge in [0.15, 0.2) is 0 Å². The summed E-state index contributed by atoms with van der Waals surface area (Å²) in [6.07, 6.45) is 9.02. The highest BCUT2D eigenvalue weighted by atomic mass is 32.1. The smallest absolute Gasteiger partial charge is 0.211 e. The van der Waals surface area contributed by atoms with E-state index in [4.69, 9.17) is 0 Å².